The molecule has 2 aromatic carbocycles. The molecule has 2 unspecified atom stereocenters. The number of ether oxygens (including phenoxy) is 3. The number of amides is 2. The van der Waals surface area contributed by atoms with Gasteiger partial charge < -0.3 is 19.1 Å². The number of benzene rings is 2. The van der Waals surface area contributed by atoms with Crippen LogP contribution in [0, 0.1) is 5.92 Å². The van der Waals surface area contributed by atoms with Crippen LogP contribution in [0.15, 0.2) is 47.6 Å². The average Bonchev–Trinajstić information content (AvgIpc) is 2.85. The van der Waals surface area contributed by atoms with Gasteiger partial charge in [0.05, 0.1) is 26.5 Å². The van der Waals surface area contributed by atoms with E-state index in [4.69, 9.17) is 19.3 Å². The van der Waals surface area contributed by atoms with E-state index >= 15 is 0 Å². The minimum atomic E-state index is -0.502. The molecule has 0 aromatic heterocycles. The van der Waals surface area contributed by atoms with Crippen LogP contribution < -0.4 is 14.8 Å². The van der Waals surface area contributed by atoms with Gasteiger partial charge in [-0.1, -0.05) is 19.1 Å². The molecule has 0 saturated heterocycles. The van der Waals surface area contributed by atoms with E-state index in [9.17, 15) is 9.59 Å². The third-order valence-electron chi connectivity index (χ3n) is 5.96. The van der Waals surface area contributed by atoms with E-state index in [1.807, 2.05) is 56.3 Å². The van der Waals surface area contributed by atoms with Crippen LogP contribution in [-0.2, 0) is 16.1 Å². The molecule has 3 rings (SSSR count). The first-order valence-electron chi connectivity index (χ1n) is 12.1. The van der Waals surface area contributed by atoms with Crippen LogP contribution in [-0.4, -0.2) is 68.6 Å². The van der Waals surface area contributed by atoms with Crippen LogP contribution in [0.1, 0.15) is 37.8 Å². The number of hydrazone groups is 1. The Kier molecular flexibility index (Phi) is 9.30. The number of hydrogen-bond acceptors (Lipinski definition) is 7. The maximum absolute atomic E-state index is 12.9. The van der Waals surface area contributed by atoms with Crippen LogP contribution in [0.3, 0.4) is 0 Å². The van der Waals surface area contributed by atoms with Gasteiger partial charge in [0.25, 0.3) is 0 Å². The van der Waals surface area contributed by atoms with Crippen molar-refractivity contribution in [2.75, 3.05) is 40.2 Å². The number of methoxy groups -OCH3 is 2. The van der Waals surface area contributed by atoms with E-state index in [0.29, 0.717) is 36.7 Å². The number of carbonyl (C=O) groups excluding carboxylic acids is 2. The van der Waals surface area contributed by atoms with Crippen LogP contribution >= 0.6 is 0 Å². The zero-order chi connectivity index (χ0) is 26.2. The highest BCUT2D eigenvalue weighted by atomic mass is 16.6. The first-order valence-corrected chi connectivity index (χ1v) is 12.1. The highest BCUT2D eigenvalue weighted by Gasteiger charge is 2.29. The molecule has 1 heterocycles. The molecule has 1 N–H and O–H groups in total. The number of likely N-dealkylation sites (N-methyl/N-ethyl adjacent to an activating group) is 1. The summed E-state index contributed by atoms with van der Waals surface area (Å²) in [5.74, 6) is 1.27. The first-order chi connectivity index (χ1) is 17.2. The molecule has 9 nitrogen and oxygen atoms in total. The molecule has 194 valence electrons. The summed E-state index contributed by atoms with van der Waals surface area (Å²) in [6.45, 7) is 4.87. The molecule has 0 aliphatic carbocycles. The maximum atomic E-state index is 12.9. The lowest BCUT2D eigenvalue weighted by Crippen LogP contribution is -2.36. The van der Waals surface area contributed by atoms with Crippen LogP contribution in [0.4, 0.5) is 10.5 Å². The van der Waals surface area contributed by atoms with E-state index < -0.39 is 6.09 Å². The highest BCUT2D eigenvalue weighted by molar-refractivity contribution is 6.06. The Bertz CT molecular complexity index is 1080. The van der Waals surface area contributed by atoms with E-state index in [-0.39, 0.29) is 17.9 Å². The zero-order valence-electron chi connectivity index (χ0n) is 21.9. The lowest BCUT2D eigenvalue weighted by atomic mass is 9.89. The number of rotatable bonds is 10. The first kappa shape index (κ1) is 27.0. The highest BCUT2D eigenvalue weighted by Crippen LogP contribution is 2.31. The number of carbonyl (C=O) groups is 2. The second-order valence-corrected chi connectivity index (χ2v) is 9.12. The molecule has 0 fully saturated rings. The fraction of sp³-hybridized carbons (Fsp3) is 0.444. The third-order valence-corrected chi connectivity index (χ3v) is 5.96. The van der Waals surface area contributed by atoms with Crippen molar-refractivity contribution < 1.29 is 23.8 Å². The molecule has 0 spiro atoms. The van der Waals surface area contributed by atoms with E-state index in [1.165, 1.54) is 5.01 Å². The van der Waals surface area contributed by atoms with Crippen molar-refractivity contribution in [3.05, 3.63) is 53.6 Å². The van der Waals surface area contributed by atoms with E-state index in [2.05, 4.69) is 12.2 Å². The minimum Gasteiger partial charge on any atom is -0.493 e. The van der Waals surface area contributed by atoms with Gasteiger partial charge in [-0.2, -0.15) is 5.10 Å². The molecule has 9 heteroatoms. The molecule has 2 amide bonds. The molecule has 36 heavy (non-hydrogen) atoms. The summed E-state index contributed by atoms with van der Waals surface area (Å²) in [4.78, 5) is 26.9. The Morgan fingerprint density at radius 3 is 2.44 bits per heavy atom. The fourth-order valence-electron chi connectivity index (χ4n) is 4.18. The van der Waals surface area contributed by atoms with Crippen molar-refractivity contribution in [1.82, 2.24) is 9.91 Å². The lowest BCUT2D eigenvalue weighted by molar-refractivity contribution is -0.133. The summed E-state index contributed by atoms with van der Waals surface area (Å²) >= 11 is 0. The molecule has 1 aliphatic rings. The fourth-order valence-corrected chi connectivity index (χ4v) is 4.18. The Balaban J connectivity index is 1.72. The van der Waals surface area contributed by atoms with Crippen LogP contribution in [0.25, 0.3) is 0 Å². The van der Waals surface area contributed by atoms with Crippen molar-refractivity contribution >= 4 is 23.4 Å². The predicted octanol–water partition coefficient (Wildman–Crippen LogP) is 4.37. The molecule has 0 saturated carbocycles. The van der Waals surface area contributed by atoms with Gasteiger partial charge in [-0.05, 0) is 63.3 Å². The van der Waals surface area contributed by atoms with Crippen LogP contribution in [0.2, 0.25) is 0 Å². The minimum absolute atomic E-state index is 0.0215. The Hall–Kier alpha value is -3.59. The van der Waals surface area contributed by atoms with E-state index in [0.717, 1.165) is 23.3 Å². The molecule has 0 radical (unpaired) electrons. The van der Waals surface area contributed by atoms with Gasteiger partial charge in [-0.25, -0.2) is 9.80 Å². The van der Waals surface area contributed by atoms with Gasteiger partial charge in [0, 0.05) is 30.1 Å². The van der Waals surface area contributed by atoms with Gasteiger partial charge in [0.1, 0.15) is 6.10 Å². The third kappa shape index (κ3) is 6.97. The van der Waals surface area contributed by atoms with Gasteiger partial charge in [0.2, 0.25) is 5.91 Å². The number of nitrogens with one attached hydrogen (secondary N) is 1. The Morgan fingerprint density at radius 2 is 1.83 bits per heavy atom. The number of hydrogen-bond donors (Lipinski definition) is 1. The predicted molar refractivity (Wildman–Crippen MR) is 140 cm³/mol. The van der Waals surface area contributed by atoms with Gasteiger partial charge in [-0.15, -0.1) is 0 Å². The molecular formula is C27H36N4O5. The van der Waals surface area contributed by atoms with Crippen molar-refractivity contribution in [2.24, 2.45) is 11.0 Å². The maximum Gasteiger partial charge on any atom is 0.411 e. The molecule has 2 atom stereocenters. The van der Waals surface area contributed by atoms with Crippen molar-refractivity contribution in [2.45, 2.75) is 39.3 Å². The topological polar surface area (TPSA) is 92.7 Å². The number of nitrogens with zero attached hydrogens (tertiary/aromatic N) is 3. The summed E-state index contributed by atoms with van der Waals surface area (Å²) in [7, 11) is 7.04. The largest absolute Gasteiger partial charge is 0.493 e. The van der Waals surface area contributed by atoms with Gasteiger partial charge in [-0.3, -0.25) is 10.1 Å². The smallest absolute Gasteiger partial charge is 0.411 e. The summed E-state index contributed by atoms with van der Waals surface area (Å²) in [6.07, 6.45) is 0.462. The Morgan fingerprint density at radius 1 is 1.14 bits per heavy atom. The normalized spacial score (nSPS) is 16.4. The van der Waals surface area contributed by atoms with E-state index in [1.54, 1.807) is 26.4 Å². The average molecular weight is 497 g/mol. The van der Waals surface area contributed by atoms with Gasteiger partial charge >= 0.3 is 6.09 Å². The zero-order valence-corrected chi connectivity index (χ0v) is 21.9. The lowest BCUT2D eigenvalue weighted by Gasteiger charge is -2.29. The quantitative estimate of drug-likeness (QED) is 0.525. The van der Waals surface area contributed by atoms with Crippen molar-refractivity contribution in [3.63, 3.8) is 0 Å². The number of anilines is 1. The summed E-state index contributed by atoms with van der Waals surface area (Å²) < 4.78 is 16.2. The second-order valence-electron chi connectivity index (χ2n) is 9.12. The Labute approximate surface area is 213 Å². The summed E-state index contributed by atoms with van der Waals surface area (Å²) in [5, 5.41) is 9.00. The molecule has 1 aliphatic heterocycles. The molecule has 2 aromatic rings. The van der Waals surface area contributed by atoms with Gasteiger partial charge in [0.15, 0.2) is 11.5 Å². The standard InChI is InChI=1S/C27H36N4O5/c1-7-20-15-25(32)31(29-26(20)21-10-13-23(34-5)24(14-21)35-6)17-19-8-11-22(12-9-19)28-27(33)36-18(2)16-30(3)4/h8-14,18,20H,7,15-17H2,1-6H3,(H,28,33). The SMILES string of the molecule is CCC1CC(=O)N(Cc2ccc(NC(=O)OC(C)CN(C)C)cc2)N=C1c1ccc(OC)c(OC)c1. The summed E-state index contributed by atoms with van der Waals surface area (Å²) in [6, 6.07) is 13.0. The second kappa shape index (κ2) is 12.4. The molecular weight excluding hydrogens is 460 g/mol. The monoisotopic (exact) mass is 496 g/mol. The van der Waals surface area contributed by atoms with Crippen LogP contribution in [0.5, 0.6) is 11.5 Å². The summed E-state index contributed by atoms with van der Waals surface area (Å²) in [5.41, 5.74) is 3.27. The molecule has 0 bridgehead atoms. The van der Waals surface area contributed by atoms with Crippen molar-refractivity contribution in [3.8, 4) is 11.5 Å². The van der Waals surface area contributed by atoms with Crippen molar-refractivity contribution in [1.29, 1.82) is 0 Å².